The maximum Gasteiger partial charge on any atom is 0.236 e. The first-order valence-electron chi connectivity index (χ1n) is 7.81. The highest BCUT2D eigenvalue weighted by atomic mass is 16.3. The van der Waals surface area contributed by atoms with Crippen LogP contribution in [0.15, 0.2) is 16.5 Å². The third-order valence-electron chi connectivity index (χ3n) is 4.44. The Bertz CT molecular complexity index is 463. The first-order chi connectivity index (χ1) is 9.74. The van der Waals surface area contributed by atoms with Crippen LogP contribution in [0.4, 0.5) is 0 Å². The number of piperidine rings is 1. The molecular weight excluding hydrogens is 252 g/mol. The normalized spacial score (nSPS) is 25.8. The zero-order chi connectivity index (χ0) is 13.9. The van der Waals surface area contributed by atoms with Gasteiger partial charge in [0.25, 0.3) is 0 Å². The summed E-state index contributed by atoms with van der Waals surface area (Å²) in [6, 6.07) is 4.11. The van der Waals surface area contributed by atoms with Gasteiger partial charge in [-0.25, -0.2) is 0 Å². The molecule has 1 N–H and O–H groups in total. The number of amides is 1. The van der Waals surface area contributed by atoms with Crippen LogP contribution in [-0.2, 0) is 11.3 Å². The van der Waals surface area contributed by atoms with E-state index in [4.69, 9.17) is 4.42 Å². The minimum Gasteiger partial charge on any atom is -0.464 e. The topological polar surface area (TPSA) is 45.5 Å². The van der Waals surface area contributed by atoms with E-state index in [-0.39, 0.29) is 5.91 Å². The third kappa shape index (κ3) is 3.23. The molecule has 2 fully saturated rings. The van der Waals surface area contributed by atoms with Gasteiger partial charge in [-0.3, -0.25) is 4.79 Å². The van der Waals surface area contributed by atoms with Crippen LogP contribution in [0.25, 0.3) is 0 Å². The Hall–Kier alpha value is -1.29. The summed E-state index contributed by atoms with van der Waals surface area (Å²) in [5.41, 5.74) is 0. The van der Waals surface area contributed by atoms with Gasteiger partial charge in [-0.15, -0.1) is 0 Å². The largest absolute Gasteiger partial charge is 0.464 e. The molecule has 110 valence electrons. The van der Waals surface area contributed by atoms with Gasteiger partial charge < -0.3 is 14.6 Å². The second-order valence-corrected chi connectivity index (χ2v) is 6.17. The van der Waals surface area contributed by atoms with Crippen LogP contribution in [0, 0.1) is 5.92 Å². The summed E-state index contributed by atoms with van der Waals surface area (Å²) >= 11 is 0. The van der Waals surface area contributed by atoms with Crippen LogP contribution in [0.5, 0.6) is 0 Å². The molecule has 0 radical (unpaired) electrons. The summed E-state index contributed by atoms with van der Waals surface area (Å²) in [6.07, 6.45) is 4.79. The predicted molar refractivity (Wildman–Crippen MR) is 77.4 cm³/mol. The SMILES string of the molecule is CC1CC1c1ccc(CNCC(=O)N2CCCCC2)o1. The molecule has 4 nitrogen and oxygen atoms in total. The van der Waals surface area contributed by atoms with Gasteiger partial charge in [0.05, 0.1) is 13.1 Å². The molecule has 1 amide bonds. The Morgan fingerprint density at radius 3 is 2.80 bits per heavy atom. The van der Waals surface area contributed by atoms with Crippen LogP contribution in [0.3, 0.4) is 0 Å². The highest BCUT2D eigenvalue weighted by Gasteiger charge is 2.36. The van der Waals surface area contributed by atoms with Crippen molar-refractivity contribution in [3.63, 3.8) is 0 Å². The van der Waals surface area contributed by atoms with Gasteiger partial charge in [-0.2, -0.15) is 0 Å². The summed E-state index contributed by atoms with van der Waals surface area (Å²) in [5.74, 6) is 3.65. The second kappa shape index (κ2) is 6.00. The molecule has 3 rings (SSSR count). The minimum absolute atomic E-state index is 0.215. The molecule has 1 saturated heterocycles. The molecule has 20 heavy (non-hydrogen) atoms. The Morgan fingerprint density at radius 2 is 2.10 bits per heavy atom. The maximum absolute atomic E-state index is 12.0. The van der Waals surface area contributed by atoms with Crippen molar-refractivity contribution in [2.75, 3.05) is 19.6 Å². The number of carbonyl (C=O) groups excluding carboxylic acids is 1. The van der Waals surface area contributed by atoms with E-state index in [1.165, 1.54) is 12.8 Å². The van der Waals surface area contributed by atoms with Crippen LogP contribution >= 0.6 is 0 Å². The second-order valence-electron chi connectivity index (χ2n) is 6.17. The van der Waals surface area contributed by atoms with E-state index in [1.54, 1.807) is 0 Å². The number of carbonyl (C=O) groups is 1. The maximum atomic E-state index is 12.0. The van der Waals surface area contributed by atoms with Gasteiger partial charge >= 0.3 is 0 Å². The fourth-order valence-corrected chi connectivity index (χ4v) is 2.96. The van der Waals surface area contributed by atoms with Crippen molar-refractivity contribution in [3.05, 3.63) is 23.7 Å². The van der Waals surface area contributed by atoms with Crippen molar-refractivity contribution >= 4 is 5.91 Å². The van der Waals surface area contributed by atoms with E-state index in [0.717, 1.165) is 43.4 Å². The highest BCUT2D eigenvalue weighted by Crippen LogP contribution is 2.47. The summed E-state index contributed by atoms with van der Waals surface area (Å²) < 4.78 is 5.82. The lowest BCUT2D eigenvalue weighted by Crippen LogP contribution is -2.40. The minimum atomic E-state index is 0.215. The fourth-order valence-electron chi connectivity index (χ4n) is 2.96. The van der Waals surface area contributed by atoms with Crippen molar-refractivity contribution in [2.24, 2.45) is 5.92 Å². The molecule has 0 aromatic carbocycles. The Morgan fingerprint density at radius 1 is 1.35 bits per heavy atom. The van der Waals surface area contributed by atoms with E-state index in [0.29, 0.717) is 19.0 Å². The van der Waals surface area contributed by atoms with Gasteiger partial charge in [-0.05, 0) is 43.7 Å². The summed E-state index contributed by atoms with van der Waals surface area (Å²) in [5, 5.41) is 3.20. The van der Waals surface area contributed by atoms with E-state index in [9.17, 15) is 4.79 Å². The number of likely N-dealkylation sites (tertiary alicyclic amines) is 1. The average molecular weight is 276 g/mol. The fraction of sp³-hybridized carbons (Fsp3) is 0.688. The van der Waals surface area contributed by atoms with Crippen LogP contribution in [0.1, 0.15) is 50.0 Å². The van der Waals surface area contributed by atoms with Gasteiger partial charge in [0.2, 0.25) is 5.91 Å². The molecule has 1 saturated carbocycles. The molecule has 4 heteroatoms. The first kappa shape index (κ1) is 13.7. The Labute approximate surface area is 120 Å². The number of nitrogens with one attached hydrogen (secondary N) is 1. The summed E-state index contributed by atoms with van der Waals surface area (Å²) in [4.78, 5) is 14.0. The van der Waals surface area contributed by atoms with Gasteiger partial charge in [0.15, 0.2) is 0 Å². The molecule has 1 aliphatic carbocycles. The van der Waals surface area contributed by atoms with Gasteiger partial charge in [-0.1, -0.05) is 6.92 Å². The third-order valence-corrected chi connectivity index (χ3v) is 4.44. The number of furan rings is 1. The Kier molecular flexibility index (Phi) is 4.10. The molecule has 0 bridgehead atoms. The molecule has 2 aliphatic rings. The molecule has 0 spiro atoms. The van der Waals surface area contributed by atoms with E-state index < -0.39 is 0 Å². The molecule has 2 atom stereocenters. The molecule has 2 heterocycles. The summed E-state index contributed by atoms with van der Waals surface area (Å²) in [6.45, 7) is 5.15. The van der Waals surface area contributed by atoms with Gasteiger partial charge in [0, 0.05) is 19.0 Å². The van der Waals surface area contributed by atoms with E-state index >= 15 is 0 Å². The van der Waals surface area contributed by atoms with Crippen molar-refractivity contribution in [1.82, 2.24) is 10.2 Å². The van der Waals surface area contributed by atoms with Crippen molar-refractivity contribution in [1.29, 1.82) is 0 Å². The predicted octanol–water partition coefficient (Wildman–Crippen LogP) is 2.51. The van der Waals surface area contributed by atoms with E-state index in [2.05, 4.69) is 18.3 Å². The highest BCUT2D eigenvalue weighted by molar-refractivity contribution is 5.78. The van der Waals surface area contributed by atoms with Gasteiger partial charge in [0.1, 0.15) is 11.5 Å². The van der Waals surface area contributed by atoms with Crippen molar-refractivity contribution in [2.45, 2.75) is 45.1 Å². The van der Waals surface area contributed by atoms with Crippen LogP contribution in [-0.4, -0.2) is 30.4 Å². The quantitative estimate of drug-likeness (QED) is 0.898. The first-order valence-corrected chi connectivity index (χ1v) is 7.81. The average Bonchev–Trinajstić information content (AvgIpc) is 3.01. The number of hydrogen-bond donors (Lipinski definition) is 1. The zero-order valence-corrected chi connectivity index (χ0v) is 12.2. The lowest BCUT2D eigenvalue weighted by atomic mass is 10.1. The van der Waals surface area contributed by atoms with E-state index in [1.807, 2.05) is 11.0 Å². The van der Waals surface area contributed by atoms with Crippen LogP contribution < -0.4 is 5.32 Å². The molecule has 2 unspecified atom stereocenters. The number of nitrogens with zero attached hydrogens (tertiary/aromatic N) is 1. The molecular formula is C16H24N2O2. The summed E-state index contributed by atoms with van der Waals surface area (Å²) in [7, 11) is 0. The zero-order valence-electron chi connectivity index (χ0n) is 12.2. The number of hydrogen-bond acceptors (Lipinski definition) is 3. The number of rotatable bonds is 5. The van der Waals surface area contributed by atoms with Crippen molar-refractivity contribution < 1.29 is 9.21 Å². The lowest BCUT2D eigenvalue weighted by molar-refractivity contribution is -0.131. The molecule has 1 aromatic rings. The monoisotopic (exact) mass is 276 g/mol. The molecule has 1 aromatic heterocycles. The standard InChI is InChI=1S/C16H24N2O2/c1-12-9-14(12)15-6-5-13(20-15)10-17-11-16(19)18-7-3-2-4-8-18/h5-6,12,14,17H,2-4,7-11H2,1H3. The van der Waals surface area contributed by atoms with Crippen molar-refractivity contribution in [3.8, 4) is 0 Å². The smallest absolute Gasteiger partial charge is 0.236 e. The molecule has 1 aliphatic heterocycles. The lowest BCUT2D eigenvalue weighted by Gasteiger charge is -2.26. The van der Waals surface area contributed by atoms with Crippen LogP contribution in [0.2, 0.25) is 0 Å². The Balaban J connectivity index is 1.40.